The topological polar surface area (TPSA) is 82.2 Å². The molecule has 1 aromatic heterocycles. The Hall–Kier alpha value is -1.62. The third-order valence-corrected chi connectivity index (χ3v) is 2.21. The summed E-state index contributed by atoms with van der Waals surface area (Å²) in [6.07, 6.45) is 0.481. The van der Waals surface area contributed by atoms with Crippen LogP contribution in [0.5, 0.6) is 0 Å². The van der Waals surface area contributed by atoms with Crippen molar-refractivity contribution in [3.05, 3.63) is 33.2 Å². The van der Waals surface area contributed by atoms with Crippen LogP contribution >= 0.6 is 0 Å². The summed E-state index contributed by atoms with van der Waals surface area (Å²) in [4.78, 5) is 25.8. The van der Waals surface area contributed by atoms with Crippen molar-refractivity contribution in [2.75, 3.05) is 13.2 Å². The number of H-pyrrole nitrogens is 1. The minimum Gasteiger partial charge on any atom is -0.396 e. The predicted octanol–water partition coefficient (Wildman–Crippen LogP) is 0.104. The summed E-state index contributed by atoms with van der Waals surface area (Å²) in [5, 5.41) is 11.2. The molecule has 0 fully saturated rings. The fraction of sp³-hybridized carbons (Fsp3) is 0.455. The number of aliphatic hydroxyl groups is 1. The highest BCUT2D eigenvalue weighted by Gasteiger charge is 2.13. The standard InChI is InChI=1S/C11H16N2O3/c1-7-6-8(2)13-11(16)9(7)10(15)12-4-3-5-14/h6,14H,3-5H2,1-2H3,(H,12,15)(H,13,16). The Balaban J connectivity index is 2.87. The van der Waals surface area contributed by atoms with Gasteiger partial charge in [0, 0.05) is 18.8 Å². The van der Waals surface area contributed by atoms with E-state index in [0.717, 1.165) is 5.69 Å². The first-order valence-electron chi connectivity index (χ1n) is 5.16. The average molecular weight is 224 g/mol. The first-order chi connectivity index (χ1) is 7.56. The second kappa shape index (κ2) is 5.46. The molecule has 0 aliphatic rings. The molecular formula is C11H16N2O3. The highest BCUT2D eigenvalue weighted by atomic mass is 16.3. The largest absolute Gasteiger partial charge is 0.396 e. The smallest absolute Gasteiger partial charge is 0.261 e. The fourth-order valence-electron chi connectivity index (χ4n) is 1.51. The van der Waals surface area contributed by atoms with Crippen LogP contribution in [0.3, 0.4) is 0 Å². The molecule has 0 aromatic carbocycles. The van der Waals surface area contributed by atoms with Gasteiger partial charge in [-0.1, -0.05) is 0 Å². The van der Waals surface area contributed by atoms with E-state index in [-0.39, 0.29) is 17.7 Å². The van der Waals surface area contributed by atoms with Gasteiger partial charge in [0.1, 0.15) is 5.56 Å². The number of carbonyl (C=O) groups is 1. The zero-order valence-electron chi connectivity index (χ0n) is 9.46. The fourth-order valence-corrected chi connectivity index (χ4v) is 1.51. The van der Waals surface area contributed by atoms with E-state index >= 15 is 0 Å². The van der Waals surface area contributed by atoms with Gasteiger partial charge in [0.05, 0.1) is 0 Å². The van der Waals surface area contributed by atoms with Crippen LogP contribution in [0.25, 0.3) is 0 Å². The average Bonchev–Trinajstić information content (AvgIpc) is 2.16. The monoisotopic (exact) mass is 224 g/mol. The molecule has 1 heterocycles. The van der Waals surface area contributed by atoms with Crippen molar-refractivity contribution in [1.29, 1.82) is 0 Å². The molecule has 0 bridgehead atoms. The summed E-state index contributed by atoms with van der Waals surface area (Å²) in [5.74, 6) is -0.396. The van der Waals surface area contributed by atoms with Gasteiger partial charge >= 0.3 is 0 Å². The number of aliphatic hydroxyl groups excluding tert-OH is 1. The molecule has 1 aromatic rings. The van der Waals surface area contributed by atoms with Crippen LogP contribution in [0.4, 0.5) is 0 Å². The Morgan fingerprint density at radius 2 is 2.19 bits per heavy atom. The third-order valence-electron chi connectivity index (χ3n) is 2.21. The third kappa shape index (κ3) is 2.93. The van der Waals surface area contributed by atoms with Crippen LogP contribution in [-0.2, 0) is 0 Å². The number of nitrogens with one attached hydrogen (secondary N) is 2. The molecule has 1 rings (SSSR count). The molecule has 88 valence electrons. The van der Waals surface area contributed by atoms with Crippen molar-refractivity contribution in [1.82, 2.24) is 10.3 Å². The number of pyridine rings is 1. The second-order valence-electron chi connectivity index (χ2n) is 3.67. The van der Waals surface area contributed by atoms with E-state index in [0.29, 0.717) is 18.5 Å². The van der Waals surface area contributed by atoms with Crippen molar-refractivity contribution in [2.45, 2.75) is 20.3 Å². The summed E-state index contributed by atoms with van der Waals surface area (Å²) >= 11 is 0. The lowest BCUT2D eigenvalue weighted by atomic mass is 10.1. The molecule has 0 atom stereocenters. The maximum Gasteiger partial charge on any atom is 0.261 e. The van der Waals surface area contributed by atoms with Crippen LogP contribution in [0.2, 0.25) is 0 Å². The van der Waals surface area contributed by atoms with Crippen molar-refractivity contribution < 1.29 is 9.90 Å². The Morgan fingerprint density at radius 1 is 1.50 bits per heavy atom. The van der Waals surface area contributed by atoms with Gasteiger partial charge in [-0.15, -0.1) is 0 Å². The highest BCUT2D eigenvalue weighted by molar-refractivity contribution is 5.95. The molecule has 0 saturated carbocycles. The van der Waals surface area contributed by atoms with E-state index in [1.807, 2.05) is 0 Å². The van der Waals surface area contributed by atoms with Crippen LogP contribution in [0, 0.1) is 13.8 Å². The SMILES string of the molecule is Cc1cc(C)c(C(=O)NCCCO)c(=O)[nH]1. The van der Waals surface area contributed by atoms with Crippen LogP contribution in [0.1, 0.15) is 28.0 Å². The van der Waals surface area contributed by atoms with Gasteiger partial charge in [0.15, 0.2) is 0 Å². The van der Waals surface area contributed by atoms with Crippen molar-refractivity contribution in [2.24, 2.45) is 0 Å². The lowest BCUT2D eigenvalue weighted by Crippen LogP contribution is -2.31. The molecule has 0 saturated heterocycles. The maximum atomic E-state index is 11.7. The highest BCUT2D eigenvalue weighted by Crippen LogP contribution is 2.03. The molecule has 1 amide bonds. The molecule has 0 aliphatic heterocycles. The molecule has 0 radical (unpaired) electrons. The predicted molar refractivity (Wildman–Crippen MR) is 60.6 cm³/mol. The number of rotatable bonds is 4. The number of hydrogen-bond acceptors (Lipinski definition) is 3. The van der Waals surface area contributed by atoms with E-state index in [4.69, 9.17) is 5.11 Å². The van der Waals surface area contributed by atoms with Crippen LogP contribution in [0.15, 0.2) is 10.9 Å². The molecule has 16 heavy (non-hydrogen) atoms. The summed E-state index contributed by atoms with van der Waals surface area (Å²) in [5.41, 5.74) is 1.15. The van der Waals surface area contributed by atoms with Crippen LogP contribution in [-0.4, -0.2) is 29.1 Å². The summed E-state index contributed by atoms with van der Waals surface area (Å²) in [7, 11) is 0. The number of aromatic amines is 1. The first-order valence-corrected chi connectivity index (χ1v) is 5.16. The minimum atomic E-state index is -0.396. The molecule has 0 unspecified atom stereocenters. The summed E-state index contributed by atoms with van der Waals surface area (Å²) in [6, 6.07) is 1.75. The normalized spacial score (nSPS) is 10.2. The zero-order chi connectivity index (χ0) is 12.1. The summed E-state index contributed by atoms with van der Waals surface area (Å²) < 4.78 is 0. The van der Waals surface area contributed by atoms with Gasteiger partial charge in [-0.25, -0.2) is 0 Å². The lowest BCUT2D eigenvalue weighted by Gasteiger charge is -2.06. The van der Waals surface area contributed by atoms with Gasteiger partial charge in [0.2, 0.25) is 0 Å². The van der Waals surface area contributed by atoms with E-state index in [1.54, 1.807) is 19.9 Å². The molecule has 0 spiro atoms. The molecule has 5 nitrogen and oxygen atoms in total. The summed E-state index contributed by atoms with van der Waals surface area (Å²) in [6.45, 7) is 3.87. The molecule has 3 N–H and O–H groups in total. The molecule has 5 heteroatoms. The Kier molecular flexibility index (Phi) is 4.25. The van der Waals surface area contributed by atoms with Gasteiger partial charge in [-0.05, 0) is 31.9 Å². The van der Waals surface area contributed by atoms with Crippen molar-refractivity contribution in [3.8, 4) is 0 Å². The first kappa shape index (κ1) is 12.4. The van der Waals surface area contributed by atoms with Gasteiger partial charge in [0.25, 0.3) is 11.5 Å². The van der Waals surface area contributed by atoms with Crippen molar-refractivity contribution in [3.63, 3.8) is 0 Å². The zero-order valence-corrected chi connectivity index (χ0v) is 9.46. The van der Waals surface area contributed by atoms with E-state index in [9.17, 15) is 9.59 Å². The van der Waals surface area contributed by atoms with Gasteiger partial charge < -0.3 is 15.4 Å². The quantitative estimate of drug-likeness (QED) is 0.634. The van der Waals surface area contributed by atoms with Gasteiger partial charge in [-0.3, -0.25) is 9.59 Å². The Morgan fingerprint density at radius 3 is 2.75 bits per heavy atom. The second-order valence-corrected chi connectivity index (χ2v) is 3.67. The minimum absolute atomic E-state index is 0.0174. The number of amides is 1. The molecule has 0 aliphatic carbocycles. The van der Waals surface area contributed by atoms with Crippen molar-refractivity contribution >= 4 is 5.91 Å². The van der Waals surface area contributed by atoms with E-state index in [1.165, 1.54) is 0 Å². The Labute approximate surface area is 93.5 Å². The number of hydrogen-bond donors (Lipinski definition) is 3. The Bertz CT molecular complexity index is 437. The number of aryl methyl sites for hydroxylation is 2. The molecular weight excluding hydrogens is 208 g/mol. The van der Waals surface area contributed by atoms with E-state index in [2.05, 4.69) is 10.3 Å². The van der Waals surface area contributed by atoms with Crippen LogP contribution < -0.4 is 10.9 Å². The van der Waals surface area contributed by atoms with Gasteiger partial charge in [-0.2, -0.15) is 0 Å². The maximum absolute atomic E-state index is 11.7. The number of carbonyl (C=O) groups excluding carboxylic acids is 1. The van der Waals surface area contributed by atoms with E-state index < -0.39 is 5.91 Å². The number of aromatic nitrogens is 1. The lowest BCUT2D eigenvalue weighted by molar-refractivity contribution is 0.0949.